The van der Waals surface area contributed by atoms with E-state index in [-0.39, 0.29) is 66.4 Å². The Morgan fingerprint density at radius 2 is 0.305 bits per heavy atom. The molecule has 6 aromatic carbocycles. The van der Waals surface area contributed by atoms with Gasteiger partial charge in [0.1, 0.15) is 34.5 Å². The van der Waals surface area contributed by atoms with Crippen molar-refractivity contribution in [1.29, 1.82) is 0 Å². The van der Waals surface area contributed by atoms with E-state index >= 15 is 0 Å². The first-order chi connectivity index (χ1) is 26.0. The van der Waals surface area contributed by atoms with E-state index in [1.165, 1.54) is 31.8 Å². The molecule has 0 heterocycles. The molecule has 6 nitrogen and oxygen atoms in total. The van der Waals surface area contributed by atoms with Gasteiger partial charge in [0.15, 0.2) is 0 Å². The van der Waals surface area contributed by atoms with Gasteiger partial charge in [-0.3, -0.25) is 0 Å². The summed E-state index contributed by atoms with van der Waals surface area (Å²) in [5, 5.41) is 7.06. The molecule has 0 saturated carbocycles. The summed E-state index contributed by atoms with van der Waals surface area (Å²) in [6, 6.07) is 47.1. The van der Waals surface area contributed by atoms with Gasteiger partial charge < -0.3 is 28.4 Å². The maximum absolute atomic E-state index is 4.96. The molecule has 59 heavy (non-hydrogen) atoms. The van der Waals surface area contributed by atoms with Crippen LogP contribution < -0.4 is 60.2 Å². The zero-order chi connectivity index (χ0) is 40.1. The van der Waals surface area contributed by atoms with E-state index in [0.29, 0.717) is 0 Å². The Balaban J connectivity index is -0.000000194. The molecule has 0 spiro atoms. The van der Waals surface area contributed by atoms with Gasteiger partial charge in [0.2, 0.25) is 0 Å². The van der Waals surface area contributed by atoms with Crippen LogP contribution in [0.2, 0.25) is 0 Å². The predicted molar refractivity (Wildman–Crippen MR) is 283 cm³/mol. The zero-order valence-corrected chi connectivity index (χ0v) is 45.0. The average molecular weight is 1050 g/mol. The van der Waals surface area contributed by atoms with Gasteiger partial charge in [0.25, 0.3) is 0 Å². The van der Waals surface area contributed by atoms with Crippen LogP contribution in [-0.2, 0) is 16.8 Å². The van der Waals surface area contributed by atoms with Gasteiger partial charge in [0.05, 0.1) is 42.7 Å². The number of ether oxygens (including phenoxy) is 6. The van der Waals surface area contributed by atoms with Crippen molar-refractivity contribution in [3.8, 4) is 34.5 Å². The molecule has 6 rings (SSSR count). The van der Waals surface area contributed by atoms with Gasteiger partial charge in [-0.2, -0.15) is 0 Å². The van der Waals surface area contributed by atoms with Crippen molar-refractivity contribution in [1.82, 2.24) is 0 Å². The Hall–Kier alpha value is -1.63. The van der Waals surface area contributed by atoms with E-state index in [1.54, 1.807) is 42.7 Å². The summed E-state index contributed by atoms with van der Waals surface area (Å²) in [6.45, 7) is 0. The second-order valence-corrected chi connectivity index (χ2v) is 14.6. The van der Waals surface area contributed by atoms with Crippen molar-refractivity contribution in [2.24, 2.45) is 0 Å². The van der Waals surface area contributed by atoms with Crippen LogP contribution in [0.5, 0.6) is 34.5 Å². The predicted octanol–water partition coefficient (Wildman–Crippen LogP) is 8.86. The van der Waals surface area contributed by atoms with Crippen LogP contribution in [0.25, 0.3) is 0 Å². The largest absolute Gasteiger partial charge is 0.497 e. The Kier molecular flexibility index (Phi) is 47.0. The van der Waals surface area contributed by atoms with Crippen molar-refractivity contribution >= 4 is 137 Å². The Labute approximate surface area is 402 Å². The first-order valence-corrected chi connectivity index (χ1v) is 19.8. The molecular formula is C42H58Cl4CoO6P6. The summed E-state index contributed by atoms with van der Waals surface area (Å²) >= 11 is 0. The number of rotatable bonds is 6. The summed E-state index contributed by atoms with van der Waals surface area (Å²) in [5.74, 6) is 5.42. The topological polar surface area (TPSA) is 55.4 Å². The normalized spacial score (nSPS) is 8.34. The SMILES string of the molecule is COc1ccc(P)cc1.COc1ccc(P)cc1.COc1ccc(P)cc1.COc1ccc(P)cc1.COc1ccc(P)cc1.COc1ccc(P)cc1.Cl.Cl.Cl.Cl.[Co]. The van der Waals surface area contributed by atoms with Crippen LogP contribution in [0.4, 0.5) is 0 Å². The van der Waals surface area contributed by atoms with Gasteiger partial charge in [0, 0.05) is 16.8 Å². The number of hydrogen-bond acceptors (Lipinski definition) is 6. The molecule has 6 atom stereocenters. The summed E-state index contributed by atoms with van der Waals surface area (Å²) < 4.78 is 29.8. The second-order valence-electron chi connectivity index (χ2n) is 10.6. The molecule has 0 aliphatic rings. The standard InChI is InChI=1S/6C7H9OP.4ClH.Co/c6*1-8-6-2-4-7(9)5-3-6;;;;;/h6*2-5H,9H2,1H3;4*1H;. The van der Waals surface area contributed by atoms with Crippen LogP contribution in [0, 0.1) is 0 Å². The maximum atomic E-state index is 4.96. The molecule has 1 radical (unpaired) electrons. The molecule has 6 unspecified atom stereocenters. The molecule has 0 bridgehead atoms. The Bertz CT molecular complexity index is 1460. The van der Waals surface area contributed by atoms with E-state index in [0.717, 1.165) is 34.5 Å². The van der Waals surface area contributed by atoms with Gasteiger partial charge in [-0.05, 0) is 105 Å². The summed E-state index contributed by atoms with van der Waals surface area (Å²) in [7, 11) is 25.7. The first kappa shape index (κ1) is 66.5. The number of halogens is 4. The minimum Gasteiger partial charge on any atom is -0.497 e. The fourth-order valence-electron chi connectivity index (χ4n) is 3.62. The average Bonchev–Trinajstić information content (AvgIpc) is 3.21. The van der Waals surface area contributed by atoms with Crippen LogP contribution in [0.1, 0.15) is 0 Å². The van der Waals surface area contributed by atoms with Crippen molar-refractivity contribution in [3.05, 3.63) is 146 Å². The second kappa shape index (κ2) is 41.7. The summed E-state index contributed by atoms with van der Waals surface area (Å²) in [4.78, 5) is 0. The molecule has 0 fully saturated rings. The van der Waals surface area contributed by atoms with E-state index in [9.17, 15) is 0 Å². The van der Waals surface area contributed by atoms with Gasteiger partial charge in [-0.15, -0.1) is 105 Å². The molecule has 0 aliphatic carbocycles. The first-order valence-electron chi connectivity index (χ1n) is 16.3. The number of methoxy groups -OCH3 is 6. The molecule has 17 heteroatoms. The maximum Gasteiger partial charge on any atom is 0.118 e. The molecule has 329 valence electrons. The molecule has 0 aromatic heterocycles. The zero-order valence-electron chi connectivity index (χ0n) is 33.7. The third-order valence-electron chi connectivity index (χ3n) is 6.69. The minimum atomic E-state index is 0. The molecule has 0 aliphatic heterocycles. The molecular weight excluding hydrogens is 987 g/mol. The van der Waals surface area contributed by atoms with Crippen LogP contribution in [-0.4, -0.2) is 42.7 Å². The number of benzene rings is 6. The fourth-order valence-corrected chi connectivity index (χ4v) is 4.78. The smallest absolute Gasteiger partial charge is 0.118 e. The quantitative estimate of drug-likeness (QED) is 0.156. The third-order valence-corrected chi connectivity index (χ3v) is 9.00. The summed E-state index contributed by atoms with van der Waals surface area (Å²) in [6.07, 6.45) is 0. The van der Waals surface area contributed by atoms with Gasteiger partial charge in [-0.25, -0.2) is 0 Å². The van der Waals surface area contributed by atoms with Crippen LogP contribution in [0.3, 0.4) is 0 Å². The molecule has 0 N–H and O–H groups in total. The van der Waals surface area contributed by atoms with E-state index in [4.69, 9.17) is 28.4 Å². The van der Waals surface area contributed by atoms with Gasteiger partial charge >= 0.3 is 0 Å². The van der Waals surface area contributed by atoms with Gasteiger partial charge in [-0.1, -0.05) is 72.8 Å². The number of hydrogen-bond donors (Lipinski definition) is 0. The molecule has 0 saturated heterocycles. The van der Waals surface area contributed by atoms with Crippen LogP contribution in [0.15, 0.2) is 146 Å². The molecule has 6 aromatic rings. The summed E-state index contributed by atoms with van der Waals surface area (Å²) in [5.41, 5.74) is 0. The Morgan fingerprint density at radius 3 is 0.373 bits per heavy atom. The van der Waals surface area contributed by atoms with Crippen molar-refractivity contribution in [3.63, 3.8) is 0 Å². The van der Waals surface area contributed by atoms with E-state index in [1.807, 2.05) is 146 Å². The van der Waals surface area contributed by atoms with E-state index < -0.39 is 0 Å². The van der Waals surface area contributed by atoms with Crippen LogP contribution >= 0.6 is 105 Å². The molecule has 0 amide bonds. The van der Waals surface area contributed by atoms with Crippen molar-refractivity contribution in [2.45, 2.75) is 0 Å². The fraction of sp³-hybridized carbons (Fsp3) is 0.143. The van der Waals surface area contributed by atoms with Crippen molar-refractivity contribution in [2.75, 3.05) is 42.7 Å². The Morgan fingerprint density at radius 1 is 0.220 bits per heavy atom. The monoisotopic (exact) mass is 1040 g/mol. The van der Waals surface area contributed by atoms with E-state index in [2.05, 4.69) is 55.4 Å². The van der Waals surface area contributed by atoms with Crippen molar-refractivity contribution < 1.29 is 45.2 Å². The minimum absolute atomic E-state index is 0. The third kappa shape index (κ3) is 33.6.